The van der Waals surface area contributed by atoms with Gasteiger partial charge >= 0.3 is 0 Å². The summed E-state index contributed by atoms with van der Waals surface area (Å²) in [7, 11) is 0. The summed E-state index contributed by atoms with van der Waals surface area (Å²) in [5.41, 5.74) is 1.89. The maximum Gasteiger partial charge on any atom is 0.292 e. The van der Waals surface area contributed by atoms with Gasteiger partial charge in [-0.3, -0.25) is 19.4 Å². The second-order valence-electron chi connectivity index (χ2n) is 7.86. The fourth-order valence-electron chi connectivity index (χ4n) is 4.01. The lowest BCUT2D eigenvalue weighted by Gasteiger charge is -2.20. The summed E-state index contributed by atoms with van der Waals surface area (Å²) in [4.78, 5) is 44.2. The fourth-order valence-corrected chi connectivity index (χ4v) is 4.01. The van der Waals surface area contributed by atoms with Crippen LogP contribution in [0.25, 0.3) is 10.9 Å². The monoisotopic (exact) mass is 418 g/mol. The zero-order valence-electron chi connectivity index (χ0n) is 17.4. The molecule has 3 aromatic rings. The van der Waals surface area contributed by atoms with E-state index >= 15 is 0 Å². The first kappa shape index (κ1) is 20.8. The number of benzene rings is 1. The molecule has 7 nitrogen and oxygen atoms in total. The van der Waals surface area contributed by atoms with Gasteiger partial charge in [0.05, 0.1) is 5.56 Å². The molecule has 0 bridgehead atoms. The van der Waals surface area contributed by atoms with Crippen LogP contribution in [0.1, 0.15) is 41.6 Å². The second-order valence-corrected chi connectivity index (χ2v) is 7.86. The Morgan fingerprint density at radius 3 is 2.48 bits per heavy atom. The van der Waals surface area contributed by atoms with Crippen molar-refractivity contribution in [2.45, 2.75) is 38.8 Å². The first-order valence-electron chi connectivity index (χ1n) is 10.7. The Balaban J connectivity index is 1.52. The van der Waals surface area contributed by atoms with Crippen LogP contribution in [0.4, 0.5) is 0 Å². The van der Waals surface area contributed by atoms with Crippen LogP contribution in [0.3, 0.4) is 0 Å². The molecule has 31 heavy (non-hydrogen) atoms. The summed E-state index contributed by atoms with van der Waals surface area (Å²) in [6.07, 6.45) is 9.29. The third-order valence-electron chi connectivity index (χ3n) is 5.68. The number of nitrogens with zero attached hydrogens (tertiary/aromatic N) is 3. The van der Waals surface area contributed by atoms with Gasteiger partial charge in [0, 0.05) is 49.1 Å². The summed E-state index contributed by atoms with van der Waals surface area (Å²) in [6, 6.07) is 11.0. The molecule has 0 spiro atoms. The minimum absolute atomic E-state index is 0.0441. The summed E-state index contributed by atoms with van der Waals surface area (Å²) in [6.45, 7) is 1.94. The molecule has 2 amide bonds. The smallest absolute Gasteiger partial charge is 0.292 e. The van der Waals surface area contributed by atoms with Crippen LogP contribution in [0, 0.1) is 0 Å². The average Bonchev–Trinajstić information content (AvgIpc) is 2.97. The largest absolute Gasteiger partial charge is 0.345 e. The number of hydrogen-bond acceptors (Lipinski definition) is 4. The quantitative estimate of drug-likeness (QED) is 0.493. The van der Waals surface area contributed by atoms with E-state index in [0.29, 0.717) is 10.9 Å². The lowest BCUT2D eigenvalue weighted by atomic mass is 10.1. The molecule has 1 N–H and O–H groups in total. The Kier molecular flexibility index (Phi) is 6.40. The second kappa shape index (κ2) is 9.55. The number of para-hydroxylation sites is 1. The molecule has 0 radical (unpaired) electrons. The fraction of sp³-hybridized carbons (Fsp3) is 0.333. The molecule has 1 aromatic carbocycles. The van der Waals surface area contributed by atoms with Crippen molar-refractivity contribution in [1.82, 2.24) is 19.8 Å². The maximum atomic E-state index is 12.9. The highest BCUT2D eigenvalue weighted by atomic mass is 16.2. The number of pyridine rings is 1. The van der Waals surface area contributed by atoms with E-state index in [1.807, 2.05) is 35.2 Å². The predicted molar refractivity (Wildman–Crippen MR) is 117 cm³/mol. The van der Waals surface area contributed by atoms with Crippen molar-refractivity contribution in [3.8, 4) is 0 Å². The number of aromatic nitrogens is 2. The minimum Gasteiger partial charge on any atom is -0.345 e. The molecule has 0 atom stereocenters. The van der Waals surface area contributed by atoms with Gasteiger partial charge in [-0.25, -0.2) is 0 Å². The predicted octanol–water partition coefficient (Wildman–Crippen LogP) is 2.94. The van der Waals surface area contributed by atoms with Crippen LogP contribution in [-0.4, -0.2) is 45.1 Å². The Bertz CT molecular complexity index is 1080. The van der Waals surface area contributed by atoms with E-state index in [0.717, 1.165) is 49.9 Å². The Morgan fingerprint density at radius 2 is 1.74 bits per heavy atom. The van der Waals surface area contributed by atoms with Crippen LogP contribution in [0.15, 0.2) is 55.0 Å². The van der Waals surface area contributed by atoms with Crippen LogP contribution in [0.2, 0.25) is 0 Å². The molecular formula is C24H26N4O3. The number of amides is 2. The molecule has 1 saturated heterocycles. The van der Waals surface area contributed by atoms with E-state index in [2.05, 4.69) is 10.3 Å². The van der Waals surface area contributed by atoms with Crippen molar-refractivity contribution in [2.24, 2.45) is 0 Å². The van der Waals surface area contributed by atoms with Gasteiger partial charge in [0.1, 0.15) is 6.54 Å². The van der Waals surface area contributed by atoms with E-state index in [-0.39, 0.29) is 19.0 Å². The molecule has 0 saturated carbocycles. The summed E-state index contributed by atoms with van der Waals surface area (Å²) >= 11 is 0. The minimum atomic E-state index is -0.675. The van der Waals surface area contributed by atoms with Crippen LogP contribution < -0.4 is 5.32 Å². The topological polar surface area (TPSA) is 84.3 Å². The molecule has 1 aliphatic heterocycles. The summed E-state index contributed by atoms with van der Waals surface area (Å²) in [5.74, 6) is -1.24. The number of carbonyl (C=O) groups is 3. The van der Waals surface area contributed by atoms with E-state index in [1.54, 1.807) is 29.2 Å². The number of hydrogen-bond donors (Lipinski definition) is 1. The number of fused-ring (bicyclic) bond motifs is 1. The zero-order chi connectivity index (χ0) is 21.6. The van der Waals surface area contributed by atoms with Crippen LogP contribution >= 0.6 is 0 Å². The van der Waals surface area contributed by atoms with Gasteiger partial charge in [0.15, 0.2) is 0 Å². The number of carbonyl (C=O) groups excluding carboxylic acids is 3. The number of nitrogens with one attached hydrogen (secondary N) is 1. The molecule has 1 aliphatic rings. The molecule has 7 heteroatoms. The first-order valence-corrected chi connectivity index (χ1v) is 10.7. The number of rotatable bonds is 6. The molecule has 160 valence electrons. The van der Waals surface area contributed by atoms with Crippen LogP contribution in [0.5, 0.6) is 0 Å². The third-order valence-corrected chi connectivity index (χ3v) is 5.68. The van der Waals surface area contributed by atoms with Gasteiger partial charge in [0.2, 0.25) is 5.91 Å². The van der Waals surface area contributed by atoms with Crippen molar-refractivity contribution in [1.29, 1.82) is 0 Å². The van der Waals surface area contributed by atoms with Gasteiger partial charge in [-0.05, 0) is 30.5 Å². The maximum absolute atomic E-state index is 12.9. The SMILES string of the molecule is O=C(NCc1cccnc1)C(=O)c1cn(CC(=O)N2CCCCCC2)c2ccccc12. The Morgan fingerprint density at radius 1 is 0.968 bits per heavy atom. The van der Waals surface area contributed by atoms with Gasteiger partial charge in [-0.1, -0.05) is 37.1 Å². The molecule has 2 aromatic heterocycles. The molecule has 0 unspecified atom stereocenters. The highest BCUT2D eigenvalue weighted by Gasteiger charge is 2.23. The van der Waals surface area contributed by atoms with Gasteiger partial charge in [-0.15, -0.1) is 0 Å². The van der Waals surface area contributed by atoms with Crippen molar-refractivity contribution in [2.75, 3.05) is 13.1 Å². The van der Waals surface area contributed by atoms with Crippen molar-refractivity contribution in [3.63, 3.8) is 0 Å². The van der Waals surface area contributed by atoms with Gasteiger partial charge < -0.3 is 14.8 Å². The highest BCUT2D eigenvalue weighted by Crippen LogP contribution is 2.22. The average molecular weight is 418 g/mol. The molecule has 1 fully saturated rings. The number of likely N-dealkylation sites (tertiary alicyclic amines) is 1. The zero-order valence-corrected chi connectivity index (χ0v) is 17.4. The normalized spacial score (nSPS) is 14.3. The highest BCUT2D eigenvalue weighted by molar-refractivity contribution is 6.45. The van der Waals surface area contributed by atoms with Gasteiger partial charge in [0.25, 0.3) is 11.7 Å². The van der Waals surface area contributed by atoms with Crippen molar-refractivity contribution >= 4 is 28.5 Å². The molecule has 3 heterocycles. The van der Waals surface area contributed by atoms with Crippen molar-refractivity contribution in [3.05, 3.63) is 66.1 Å². The van der Waals surface area contributed by atoms with Crippen LogP contribution in [-0.2, 0) is 22.7 Å². The lowest BCUT2D eigenvalue weighted by molar-refractivity contribution is -0.131. The van der Waals surface area contributed by atoms with Crippen molar-refractivity contribution < 1.29 is 14.4 Å². The number of ketones is 1. The van der Waals surface area contributed by atoms with E-state index < -0.39 is 11.7 Å². The Labute approximate surface area is 181 Å². The van der Waals surface area contributed by atoms with E-state index in [1.165, 1.54) is 0 Å². The summed E-state index contributed by atoms with van der Waals surface area (Å²) < 4.78 is 1.78. The summed E-state index contributed by atoms with van der Waals surface area (Å²) in [5, 5.41) is 3.33. The number of Topliss-reactive ketones (excluding diaryl/α,β-unsaturated/α-hetero) is 1. The third kappa shape index (κ3) is 4.82. The first-order chi connectivity index (χ1) is 15.1. The molecule has 4 rings (SSSR count). The standard InChI is InChI=1S/C24H26N4O3/c29-22(27-12-5-1-2-6-13-27)17-28-16-20(19-9-3-4-10-21(19)28)23(30)24(31)26-15-18-8-7-11-25-14-18/h3-4,7-11,14,16H,1-2,5-6,12-13,15,17H2,(H,26,31). The van der Waals surface area contributed by atoms with E-state index in [9.17, 15) is 14.4 Å². The molecular weight excluding hydrogens is 392 g/mol. The van der Waals surface area contributed by atoms with E-state index in [4.69, 9.17) is 0 Å². The Hall–Kier alpha value is -3.48. The lowest BCUT2D eigenvalue weighted by Crippen LogP contribution is -2.34. The van der Waals surface area contributed by atoms with Gasteiger partial charge in [-0.2, -0.15) is 0 Å². The molecule has 0 aliphatic carbocycles.